The monoisotopic (exact) mass is 375 g/mol. The van der Waals surface area contributed by atoms with E-state index in [-0.39, 0.29) is 23.9 Å². The number of rotatable bonds is 5. The van der Waals surface area contributed by atoms with Gasteiger partial charge in [-0.1, -0.05) is 12.1 Å². The summed E-state index contributed by atoms with van der Waals surface area (Å²) in [5.74, 6) is -0.0951. The van der Waals surface area contributed by atoms with Crippen LogP contribution >= 0.6 is 0 Å². The Labute approximate surface area is 163 Å². The van der Waals surface area contributed by atoms with Crippen molar-refractivity contribution in [3.8, 4) is 0 Å². The number of carbonyl (C=O) groups excluding carboxylic acids is 2. The van der Waals surface area contributed by atoms with Crippen molar-refractivity contribution in [2.24, 2.45) is 0 Å². The van der Waals surface area contributed by atoms with Gasteiger partial charge in [-0.15, -0.1) is 0 Å². The van der Waals surface area contributed by atoms with Crippen LogP contribution in [0.5, 0.6) is 0 Å². The van der Waals surface area contributed by atoms with Gasteiger partial charge in [0.05, 0.1) is 32.7 Å². The van der Waals surface area contributed by atoms with Crippen molar-refractivity contribution in [2.75, 3.05) is 51.2 Å². The zero-order chi connectivity index (χ0) is 20.2. The summed E-state index contributed by atoms with van der Waals surface area (Å²) in [6.07, 6.45) is 0. The summed E-state index contributed by atoms with van der Waals surface area (Å²) in [6.45, 7) is 14.4. The number of anilines is 1. The molecule has 1 saturated heterocycles. The summed E-state index contributed by atoms with van der Waals surface area (Å²) < 4.78 is 0. The maximum atomic E-state index is 12.5. The minimum Gasteiger partial charge on any atom is -0.360 e. The Morgan fingerprint density at radius 1 is 1.19 bits per heavy atom. The normalized spacial score (nSPS) is 15.6. The quantitative estimate of drug-likeness (QED) is 0.782. The fourth-order valence-electron chi connectivity index (χ4n) is 3.43. The van der Waals surface area contributed by atoms with E-state index in [1.807, 2.05) is 20.8 Å². The molecular weight excluding hydrogens is 340 g/mol. The molecule has 1 aromatic carbocycles. The standard InChI is InChI=1S/C21H34N4O2/c1-16-8-7-9-18(17(16)2)25-12-10-24(11-13-25)15-20(27)23(6)14-19(26)22-21(3,4)5/h7-9H,10-15H2,1-6H3,(H,22,26)/p+1. The van der Waals surface area contributed by atoms with E-state index in [1.54, 1.807) is 7.05 Å². The maximum absolute atomic E-state index is 12.5. The SMILES string of the molecule is Cc1cccc(N2CC[NH+](CC(=O)N(C)CC(=O)NC(C)(C)C)CC2)c1C. The summed E-state index contributed by atoms with van der Waals surface area (Å²) in [5, 5.41) is 2.90. The van der Waals surface area contributed by atoms with E-state index in [9.17, 15) is 9.59 Å². The summed E-state index contributed by atoms with van der Waals surface area (Å²) in [4.78, 5) is 29.7. The number of nitrogens with one attached hydrogen (secondary N) is 2. The van der Waals surface area contributed by atoms with Gasteiger partial charge in [0, 0.05) is 18.3 Å². The minimum atomic E-state index is -0.281. The number of amides is 2. The number of piperazine rings is 1. The molecule has 0 aliphatic carbocycles. The first-order valence-corrected chi connectivity index (χ1v) is 9.76. The van der Waals surface area contributed by atoms with Gasteiger partial charge in [0.25, 0.3) is 5.91 Å². The second kappa shape index (κ2) is 8.74. The molecule has 1 aromatic rings. The molecule has 2 amide bonds. The molecule has 0 saturated carbocycles. The number of hydrogen-bond acceptors (Lipinski definition) is 3. The van der Waals surface area contributed by atoms with Crippen LogP contribution in [0.3, 0.4) is 0 Å². The Balaban J connectivity index is 1.82. The van der Waals surface area contributed by atoms with Crippen LogP contribution in [0.4, 0.5) is 5.69 Å². The van der Waals surface area contributed by atoms with Crippen molar-refractivity contribution in [1.82, 2.24) is 10.2 Å². The molecule has 0 atom stereocenters. The summed E-state index contributed by atoms with van der Waals surface area (Å²) in [7, 11) is 1.70. The van der Waals surface area contributed by atoms with Crippen molar-refractivity contribution < 1.29 is 14.5 Å². The van der Waals surface area contributed by atoms with Gasteiger partial charge >= 0.3 is 0 Å². The van der Waals surface area contributed by atoms with Crippen LogP contribution in [-0.2, 0) is 9.59 Å². The lowest BCUT2D eigenvalue weighted by atomic mass is 10.1. The lowest BCUT2D eigenvalue weighted by Crippen LogP contribution is -3.15. The molecule has 150 valence electrons. The number of benzene rings is 1. The summed E-state index contributed by atoms with van der Waals surface area (Å²) in [6, 6.07) is 6.43. The molecule has 1 aliphatic rings. The zero-order valence-electron chi connectivity index (χ0n) is 17.7. The van der Waals surface area contributed by atoms with E-state index in [0.29, 0.717) is 6.54 Å². The van der Waals surface area contributed by atoms with Crippen molar-refractivity contribution >= 4 is 17.5 Å². The van der Waals surface area contributed by atoms with Crippen molar-refractivity contribution in [3.63, 3.8) is 0 Å². The van der Waals surface area contributed by atoms with Crippen LogP contribution in [0.25, 0.3) is 0 Å². The third-order valence-electron chi connectivity index (χ3n) is 5.11. The molecule has 6 heteroatoms. The molecule has 0 bridgehead atoms. The Bertz CT molecular complexity index is 673. The van der Waals surface area contributed by atoms with Gasteiger partial charge in [-0.3, -0.25) is 9.59 Å². The number of carbonyl (C=O) groups is 2. The lowest BCUT2D eigenvalue weighted by Gasteiger charge is -2.35. The molecule has 0 unspecified atom stereocenters. The maximum Gasteiger partial charge on any atom is 0.277 e. The minimum absolute atomic E-state index is 0.0224. The Kier molecular flexibility index (Phi) is 6.87. The van der Waals surface area contributed by atoms with Crippen LogP contribution in [-0.4, -0.2) is 68.6 Å². The molecule has 0 radical (unpaired) electrons. The average Bonchev–Trinajstić information content (AvgIpc) is 2.56. The van der Waals surface area contributed by atoms with Crippen molar-refractivity contribution in [3.05, 3.63) is 29.3 Å². The first kappa shape index (κ1) is 21.2. The average molecular weight is 376 g/mol. The number of likely N-dealkylation sites (N-methyl/N-ethyl adjacent to an activating group) is 1. The van der Waals surface area contributed by atoms with Gasteiger partial charge < -0.3 is 20.0 Å². The topological polar surface area (TPSA) is 57.1 Å². The largest absolute Gasteiger partial charge is 0.360 e. The molecule has 0 spiro atoms. The van der Waals surface area contributed by atoms with Crippen LogP contribution in [0.15, 0.2) is 18.2 Å². The predicted octanol–water partition coefficient (Wildman–Crippen LogP) is 0.381. The second-order valence-corrected chi connectivity index (χ2v) is 8.68. The van der Waals surface area contributed by atoms with Gasteiger partial charge in [-0.25, -0.2) is 0 Å². The number of nitrogens with zero attached hydrogens (tertiary/aromatic N) is 2. The van der Waals surface area contributed by atoms with Crippen LogP contribution in [0, 0.1) is 13.8 Å². The number of hydrogen-bond donors (Lipinski definition) is 2. The first-order valence-electron chi connectivity index (χ1n) is 9.76. The highest BCUT2D eigenvalue weighted by Crippen LogP contribution is 2.22. The third kappa shape index (κ3) is 6.24. The molecule has 0 aromatic heterocycles. The van der Waals surface area contributed by atoms with E-state index in [1.165, 1.54) is 26.6 Å². The molecule has 27 heavy (non-hydrogen) atoms. The van der Waals surface area contributed by atoms with Crippen molar-refractivity contribution in [1.29, 1.82) is 0 Å². The van der Waals surface area contributed by atoms with E-state index < -0.39 is 0 Å². The summed E-state index contributed by atoms with van der Waals surface area (Å²) in [5.41, 5.74) is 3.67. The Hall–Kier alpha value is -2.08. The molecule has 1 heterocycles. The molecule has 1 aliphatic heterocycles. The first-order chi connectivity index (χ1) is 12.6. The van der Waals surface area contributed by atoms with Gasteiger partial charge in [-0.05, 0) is 51.8 Å². The van der Waals surface area contributed by atoms with Gasteiger partial charge in [-0.2, -0.15) is 0 Å². The number of aryl methyl sites for hydroxylation is 1. The fourth-order valence-corrected chi connectivity index (χ4v) is 3.43. The fraction of sp³-hybridized carbons (Fsp3) is 0.619. The second-order valence-electron chi connectivity index (χ2n) is 8.68. The third-order valence-corrected chi connectivity index (χ3v) is 5.11. The number of quaternary nitrogens is 1. The van der Waals surface area contributed by atoms with E-state index in [2.05, 4.69) is 42.3 Å². The highest BCUT2D eigenvalue weighted by molar-refractivity contribution is 5.85. The smallest absolute Gasteiger partial charge is 0.277 e. The Morgan fingerprint density at radius 3 is 2.41 bits per heavy atom. The van der Waals surface area contributed by atoms with Crippen molar-refractivity contribution in [2.45, 2.75) is 40.2 Å². The van der Waals surface area contributed by atoms with Crippen LogP contribution in [0.1, 0.15) is 31.9 Å². The van der Waals surface area contributed by atoms with Crippen LogP contribution < -0.4 is 15.1 Å². The molecular formula is C21H35N4O2+. The summed E-state index contributed by atoms with van der Waals surface area (Å²) >= 11 is 0. The van der Waals surface area contributed by atoms with E-state index in [4.69, 9.17) is 0 Å². The Morgan fingerprint density at radius 2 is 1.81 bits per heavy atom. The highest BCUT2D eigenvalue weighted by Gasteiger charge is 2.25. The van der Waals surface area contributed by atoms with Gasteiger partial charge in [0.2, 0.25) is 5.91 Å². The van der Waals surface area contributed by atoms with E-state index in [0.717, 1.165) is 26.2 Å². The highest BCUT2D eigenvalue weighted by atomic mass is 16.2. The van der Waals surface area contributed by atoms with Gasteiger partial charge in [0.15, 0.2) is 6.54 Å². The predicted molar refractivity (Wildman–Crippen MR) is 109 cm³/mol. The molecule has 2 N–H and O–H groups in total. The molecule has 1 fully saturated rings. The van der Waals surface area contributed by atoms with Gasteiger partial charge in [0.1, 0.15) is 0 Å². The molecule has 6 nitrogen and oxygen atoms in total. The molecule has 2 rings (SSSR count). The lowest BCUT2D eigenvalue weighted by molar-refractivity contribution is -0.892. The van der Waals surface area contributed by atoms with E-state index >= 15 is 0 Å². The zero-order valence-corrected chi connectivity index (χ0v) is 17.7. The van der Waals surface area contributed by atoms with Crippen LogP contribution in [0.2, 0.25) is 0 Å².